The highest BCUT2D eigenvalue weighted by molar-refractivity contribution is 5.89. The molecule has 4 heteroatoms. The van der Waals surface area contributed by atoms with Crippen molar-refractivity contribution in [3.05, 3.63) is 30.1 Å². The number of hydrogen-bond donors (Lipinski definition) is 2. The van der Waals surface area contributed by atoms with E-state index in [1.54, 1.807) is 12.1 Å². The molecule has 1 aromatic rings. The van der Waals surface area contributed by atoms with Crippen LogP contribution >= 0.6 is 0 Å². The third-order valence-electron chi connectivity index (χ3n) is 2.11. The fourth-order valence-corrected chi connectivity index (χ4v) is 1.05. The number of anilines is 1. The van der Waals surface area contributed by atoms with E-state index in [1.165, 1.54) is 12.1 Å². The molecule has 0 aromatic heterocycles. The normalized spacial score (nSPS) is 11.9. The Bertz CT molecular complexity index is 341. The molecule has 82 valence electrons. The molecule has 0 bridgehead atoms. The fourth-order valence-electron chi connectivity index (χ4n) is 1.05. The van der Waals surface area contributed by atoms with Crippen molar-refractivity contribution in [1.82, 2.24) is 5.32 Å². The summed E-state index contributed by atoms with van der Waals surface area (Å²) in [5.41, 5.74) is 0.193. The SMILES string of the molecule is CC[C@H](C)NC(=O)Nc1ccccc1F. The molecule has 0 spiro atoms. The number of nitrogens with one attached hydrogen (secondary N) is 2. The van der Waals surface area contributed by atoms with Crippen molar-refractivity contribution in [1.29, 1.82) is 0 Å². The second-order valence-corrected chi connectivity index (χ2v) is 3.39. The topological polar surface area (TPSA) is 41.1 Å². The number of benzene rings is 1. The largest absolute Gasteiger partial charge is 0.335 e. The standard InChI is InChI=1S/C11H15FN2O/c1-3-8(2)13-11(15)14-10-7-5-4-6-9(10)12/h4-8H,3H2,1-2H3,(H2,13,14,15)/t8-/m0/s1. The highest BCUT2D eigenvalue weighted by atomic mass is 19.1. The second-order valence-electron chi connectivity index (χ2n) is 3.39. The Balaban J connectivity index is 2.55. The second kappa shape index (κ2) is 5.34. The Morgan fingerprint density at radius 3 is 2.73 bits per heavy atom. The van der Waals surface area contributed by atoms with Crippen LogP contribution in [0.25, 0.3) is 0 Å². The number of halogens is 1. The van der Waals surface area contributed by atoms with Crippen LogP contribution in [0, 0.1) is 5.82 Å². The number of amides is 2. The molecule has 0 heterocycles. The van der Waals surface area contributed by atoms with Crippen LogP contribution in [0.2, 0.25) is 0 Å². The number of urea groups is 1. The molecule has 0 saturated carbocycles. The van der Waals surface area contributed by atoms with Crippen molar-refractivity contribution < 1.29 is 9.18 Å². The van der Waals surface area contributed by atoms with Gasteiger partial charge < -0.3 is 10.6 Å². The van der Waals surface area contributed by atoms with Gasteiger partial charge in [0.15, 0.2) is 0 Å². The average Bonchev–Trinajstić information content (AvgIpc) is 2.21. The molecule has 3 nitrogen and oxygen atoms in total. The molecule has 0 aliphatic carbocycles. The summed E-state index contributed by atoms with van der Waals surface area (Å²) in [5.74, 6) is -0.434. The van der Waals surface area contributed by atoms with Crippen LogP contribution in [0.15, 0.2) is 24.3 Å². The van der Waals surface area contributed by atoms with Gasteiger partial charge in [0.25, 0.3) is 0 Å². The summed E-state index contributed by atoms with van der Waals surface area (Å²) in [6.07, 6.45) is 0.838. The van der Waals surface area contributed by atoms with E-state index in [-0.39, 0.29) is 17.8 Å². The molecule has 0 aliphatic heterocycles. The van der Waals surface area contributed by atoms with Crippen LogP contribution < -0.4 is 10.6 Å². The zero-order chi connectivity index (χ0) is 11.3. The molecular formula is C11H15FN2O. The number of hydrogen-bond acceptors (Lipinski definition) is 1. The van der Waals surface area contributed by atoms with E-state index in [4.69, 9.17) is 0 Å². The minimum Gasteiger partial charge on any atom is -0.335 e. The summed E-state index contributed by atoms with van der Waals surface area (Å²) in [5, 5.41) is 5.14. The van der Waals surface area contributed by atoms with Crippen LogP contribution in [0.4, 0.5) is 14.9 Å². The van der Waals surface area contributed by atoms with E-state index >= 15 is 0 Å². The molecule has 2 N–H and O–H groups in total. The van der Waals surface area contributed by atoms with Crippen LogP contribution in [0.1, 0.15) is 20.3 Å². The van der Waals surface area contributed by atoms with Gasteiger partial charge >= 0.3 is 6.03 Å². The summed E-state index contributed by atoms with van der Waals surface area (Å²) in [6, 6.07) is 5.77. The van der Waals surface area contributed by atoms with E-state index < -0.39 is 5.82 Å². The zero-order valence-electron chi connectivity index (χ0n) is 8.88. The number of carbonyl (C=O) groups is 1. The third-order valence-corrected chi connectivity index (χ3v) is 2.11. The van der Waals surface area contributed by atoms with Crippen LogP contribution in [0.5, 0.6) is 0 Å². The summed E-state index contributed by atoms with van der Waals surface area (Å²) in [6.45, 7) is 3.86. The summed E-state index contributed by atoms with van der Waals surface area (Å²) in [7, 11) is 0. The molecule has 1 rings (SSSR count). The molecule has 15 heavy (non-hydrogen) atoms. The minimum absolute atomic E-state index is 0.0803. The third kappa shape index (κ3) is 3.58. The van der Waals surface area contributed by atoms with Crippen molar-refractivity contribution in [2.24, 2.45) is 0 Å². The number of para-hydroxylation sites is 1. The van der Waals surface area contributed by atoms with Crippen molar-refractivity contribution >= 4 is 11.7 Å². The maximum Gasteiger partial charge on any atom is 0.319 e. The highest BCUT2D eigenvalue weighted by Gasteiger charge is 2.07. The first-order valence-corrected chi connectivity index (χ1v) is 4.95. The summed E-state index contributed by atoms with van der Waals surface area (Å²) in [4.78, 5) is 11.3. The Labute approximate surface area is 88.7 Å². The first-order valence-electron chi connectivity index (χ1n) is 4.95. The monoisotopic (exact) mass is 210 g/mol. The molecule has 2 amide bonds. The summed E-state index contributed by atoms with van der Waals surface area (Å²) >= 11 is 0. The number of carbonyl (C=O) groups excluding carboxylic acids is 1. The van der Waals surface area contributed by atoms with E-state index in [0.29, 0.717) is 0 Å². The Morgan fingerprint density at radius 2 is 2.13 bits per heavy atom. The van der Waals surface area contributed by atoms with Gasteiger partial charge in [0.2, 0.25) is 0 Å². The lowest BCUT2D eigenvalue weighted by Gasteiger charge is -2.12. The van der Waals surface area contributed by atoms with Gasteiger partial charge in [0.1, 0.15) is 5.82 Å². The van der Waals surface area contributed by atoms with Gasteiger partial charge in [-0.25, -0.2) is 9.18 Å². The average molecular weight is 210 g/mol. The Morgan fingerprint density at radius 1 is 1.47 bits per heavy atom. The molecule has 0 saturated heterocycles. The predicted octanol–water partition coefficient (Wildman–Crippen LogP) is 2.75. The molecule has 0 radical (unpaired) electrons. The van der Waals surface area contributed by atoms with Crippen molar-refractivity contribution in [2.75, 3.05) is 5.32 Å². The van der Waals surface area contributed by atoms with E-state index in [9.17, 15) is 9.18 Å². The van der Waals surface area contributed by atoms with Gasteiger partial charge in [-0.1, -0.05) is 19.1 Å². The van der Waals surface area contributed by atoms with Crippen LogP contribution in [-0.4, -0.2) is 12.1 Å². The van der Waals surface area contributed by atoms with E-state index in [1.807, 2.05) is 13.8 Å². The van der Waals surface area contributed by atoms with Crippen LogP contribution in [0.3, 0.4) is 0 Å². The molecular weight excluding hydrogens is 195 g/mol. The first-order chi connectivity index (χ1) is 7.13. The highest BCUT2D eigenvalue weighted by Crippen LogP contribution is 2.11. The maximum atomic E-state index is 13.1. The van der Waals surface area contributed by atoms with Gasteiger partial charge in [-0.05, 0) is 25.5 Å². The summed E-state index contributed by atoms with van der Waals surface area (Å²) < 4.78 is 13.1. The predicted molar refractivity (Wildman–Crippen MR) is 58.3 cm³/mol. The van der Waals surface area contributed by atoms with Gasteiger partial charge in [-0.15, -0.1) is 0 Å². The van der Waals surface area contributed by atoms with Crippen molar-refractivity contribution in [3.8, 4) is 0 Å². The molecule has 0 unspecified atom stereocenters. The fraction of sp³-hybridized carbons (Fsp3) is 0.364. The maximum absolute atomic E-state index is 13.1. The van der Waals surface area contributed by atoms with Gasteiger partial charge in [0.05, 0.1) is 5.69 Å². The van der Waals surface area contributed by atoms with Gasteiger partial charge in [-0.2, -0.15) is 0 Å². The lowest BCUT2D eigenvalue weighted by molar-refractivity contribution is 0.249. The van der Waals surface area contributed by atoms with Crippen molar-refractivity contribution in [3.63, 3.8) is 0 Å². The van der Waals surface area contributed by atoms with E-state index in [2.05, 4.69) is 10.6 Å². The number of rotatable bonds is 3. The first kappa shape index (κ1) is 11.5. The smallest absolute Gasteiger partial charge is 0.319 e. The zero-order valence-corrected chi connectivity index (χ0v) is 8.88. The molecule has 1 atom stereocenters. The quantitative estimate of drug-likeness (QED) is 0.791. The minimum atomic E-state index is -0.434. The molecule has 0 aliphatic rings. The Kier molecular flexibility index (Phi) is 4.09. The van der Waals surface area contributed by atoms with Gasteiger partial charge in [-0.3, -0.25) is 0 Å². The lowest BCUT2D eigenvalue weighted by atomic mass is 10.3. The Hall–Kier alpha value is -1.58. The van der Waals surface area contributed by atoms with Crippen LogP contribution in [-0.2, 0) is 0 Å². The van der Waals surface area contributed by atoms with E-state index in [0.717, 1.165) is 6.42 Å². The van der Waals surface area contributed by atoms with Crippen molar-refractivity contribution in [2.45, 2.75) is 26.3 Å². The lowest BCUT2D eigenvalue weighted by Crippen LogP contribution is -2.35. The molecule has 1 aromatic carbocycles. The molecule has 0 fully saturated rings. The van der Waals surface area contributed by atoms with Gasteiger partial charge in [0, 0.05) is 6.04 Å².